The van der Waals surface area contributed by atoms with Crippen LogP contribution in [0.15, 0.2) is 0 Å². The van der Waals surface area contributed by atoms with Crippen LogP contribution in [0.5, 0.6) is 0 Å². The molecule has 0 heterocycles. The summed E-state index contributed by atoms with van der Waals surface area (Å²) in [5.74, 6) is -0.115. The first-order chi connectivity index (χ1) is 8.20. The highest BCUT2D eigenvalue weighted by molar-refractivity contribution is 7.89. The third-order valence-electron chi connectivity index (χ3n) is 2.61. The van der Waals surface area contributed by atoms with E-state index in [2.05, 4.69) is 4.72 Å². The highest BCUT2D eigenvalue weighted by atomic mass is 32.2. The topological polar surface area (TPSA) is 106 Å². The smallest absolute Gasteiger partial charge is 0.211 e. The van der Waals surface area contributed by atoms with Crippen LogP contribution in [-0.2, 0) is 20.0 Å². The van der Waals surface area contributed by atoms with E-state index in [1.54, 1.807) is 0 Å². The molecular formula is C10H24N2O4S2. The molecule has 0 radical (unpaired) electrons. The molecule has 1 atom stereocenters. The third-order valence-corrected chi connectivity index (χ3v) is 4.93. The predicted octanol–water partition coefficient (Wildman–Crippen LogP) is 0.553. The van der Waals surface area contributed by atoms with E-state index in [1.165, 1.54) is 0 Å². The minimum atomic E-state index is -3.54. The van der Waals surface area contributed by atoms with Gasteiger partial charge in [0.1, 0.15) is 0 Å². The zero-order valence-corrected chi connectivity index (χ0v) is 12.7. The first-order valence-electron chi connectivity index (χ1n) is 6.20. The Hall–Kier alpha value is -0.180. The molecule has 8 heteroatoms. The average molecular weight is 300 g/mol. The first-order valence-corrected chi connectivity index (χ1v) is 9.57. The van der Waals surface area contributed by atoms with Crippen molar-refractivity contribution in [2.24, 2.45) is 5.14 Å². The summed E-state index contributed by atoms with van der Waals surface area (Å²) < 4.78 is 47.6. The van der Waals surface area contributed by atoms with Crippen LogP contribution in [0.25, 0.3) is 0 Å². The van der Waals surface area contributed by atoms with Crippen LogP contribution in [-0.4, -0.2) is 34.4 Å². The Labute approximate surface area is 110 Å². The third kappa shape index (κ3) is 9.81. The zero-order valence-electron chi connectivity index (χ0n) is 11.1. The van der Waals surface area contributed by atoms with Crippen molar-refractivity contribution in [3.05, 3.63) is 0 Å². The van der Waals surface area contributed by atoms with Gasteiger partial charge in [0.05, 0.1) is 11.5 Å². The molecule has 0 aliphatic carbocycles. The largest absolute Gasteiger partial charge is 0.229 e. The van der Waals surface area contributed by atoms with E-state index in [0.29, 0.717) is 12.8 Å². The standard InChI is InChI=1S/C10H24N2O4S2/c1-3-5-6-8-18(15,16)12-10(4-2)7-9-17(11,13)14/h10,12H,3-9H2,1-2H3,(H2,11,13,14). The van der Waals surface area contributed by atoms with E-state index < -0.39 is 20.0 Å². The second kappa shape index (κ2) is 8.08. The average Bonchev–Trinajstić information content (AvgIpc) is 2.23. The number of nitrogens with one attached hydrogen (secondary N) is 1. The highest BCUT2D eigenvalue weighted by Gasteiger charge is 2.17. The minimum Gasteiger partial charge on any atom is -0.229 e. The van der Waals surface area contributed by atoms with E-state index in [1.807, 2.05) is 13.8 Å². The van der Waals surface area contributed by atoms with Gasteiger partial charge in [0.2, 0.25) is 20.0 Å². The lowest BCUT2D eigenvalue weighted by Crippen LogP contribution is -2.37. The summed E-state index contributed by atoms with van der Waals surface area (Å²) in [5.41, 5.74) is 0. The van der Waals surface area contributed by atoms with Gasteiger partial charge in [0.15, 0.2) is 0 Å². The van der Waals surface area contributed by atoms with Crippen molar-refractivity contribution in [1.82, 2.24) is 4.72 Å². The van der Waals surface area contributed by atoms with Crippen molar-refractivity contribution in [2.75, 3.05) is 11.5 Å². The van der Waals surface area contributed by atoms with Crippen LogP contribution in [0, 0.1) is 0 Å². The van der Waals surface area contributed by atoms with Gasteiger partial charge >= 0.3 is 0 Å². The summed E-state index contributed by atoms with van der Waals surface area (Å²) in [6.45, 7) is 3.81. The first kappa shape index (κ1) is 17.8. The molecule has 0 aliphatic heterocycles. The second-order valence-corrected chi connectivity index (χ2v) is 8.01. The van der Waals surface area contributed by atoms with Gasteiger partial charge in [-0.05, 0) is 19.3 Å². The Morgan fingerprint density at radius 2 is 1.67 bits per heavy atom. The molecule has 0 saturated heterocycles. The molecular weight excluding hydrogens is 276 g/mol. The van der Waals surface area contributed by atoms with Gasteiger partial charge < -0.3 is 0 Å². The molecule has 0 bridgehead atoms. The van der Waals surface area contributed by atoms with Crippen molar-refractivity contribution in [3.8, 4) is 0 Å². The van der Waals surface area contributed by atoms with E-state index in [9.17, 15) is 16.8 Å². The zero-order chi connectivity index (χ0) is 14.2. The molecule has 3 N–H and O–H groups in total. The van der Waals surface area contributed by atoms with Gasteiger partial charge in [-0.15, -0.1) is 0 Å². The van der Waals surface area contributed by atoms with Crippen molar-refractivity contribution in [1.29, 1.82) is 0 Å². The molecule has 0 saturated carbocycles. The Balaban J connectivity index is 4.26. The summed E-state index contributed by atoms with van der Waals surface area (Å²) in [4.78, 5) is 0. The summed E-state index contributed by atoms with van der Waals surface area (Å²) >= 11 is 0. The maximum atomic E-state index is 11.7. The SMILES string of the molecule is CCCCCS(=O)(=O)NC(CC)CCS(N)(=O)=O. The van der Waals surface area contributed by atoms with E-state index in [-0.39, 0.29) is 24.0 Å². The quantitative estimate of drug-likeness (QED) is 0.575. The lowest BCUT2D eigenvalue weighted by molar-refractivity contribution is 0.522. The number of rotatable bonds is 10. The normalized spacial score (nSPS) is 14.6. The molecule has 0 aromatic carbocycles. The molecule has 110 valence electrons. The van der Waals surface area contributed by atoms with Crippen LogP contribution >= 0.6 is 0 Å². The summed E-state index contributed by atoms with van der Waals surface area (Å²) in [6.07, 6.45) is 3.20. The van der Waals surface area contributed by atoms with Crippen LogP contribution in [0.4, 0.5) is 0 Å². The summed E-state index contributed by atoms with van der Waals surface area (Å²) in [6, 6.07) is -0.366. The van der Waals surface area contributed by atoms with Crippen molar-refractivity contribution < 1.29 is 16.8 Å². The molecule has 0 amide bonds. The van der Waals surface area contributed by atoms with Crippen LogP contribution in [0.1, 0.15) is 46.0 Å². The van der Waals surface area contributed by atoms with Crippen molar-refractivity contribution in [3.63, 3.8) is 0 Å². The molecule has 0 aromatic rings. The Morgan fingerprint density at radius 1 is 1.06 bits per heavy atom. The number of hydrogen-bond donors (Lipinski definition) is 2. The van der Waals surface area contributed by atoms with Crippen molar-refractivity contribution >= 4 is 20.0 Å². The molecule has 0 rings (SSSR count). The molecule has 6 nitrogen and oxygen atoms in total. The van der Waals surface area contributed by atoms with E-state index in [0.717, 1.165) is 12.8 Å². The second-order valence-electron chi connectivity index (χ2n) is 4.40. The fourth-order valence-electron chi connectivity index (χ4n) is 1.51. The molecule has 0 aromatic heterocycles. The van der Waals surface area contributed by atoms with Gasteiger partial charge in [-0.2, -0.15) is 0 Å². The molecule has 1 unspecified atom stereocenters. The van der Waals surface area contributed by atoms with Crippen molar-refractivity contribution in [2.45, 2.75) is 52.0 Å². The number of sulfonamides is 2. The lowest BCUT2D eigenvalue weighted by Gasteiger charge is -2.16. The van der Waals surface area contributed by atoms with E-state index in [4.69, 9.17) is 5.14 Å². The number of unbranched alkanes of at least 4 members (excludes halogenated alkanes) is 2. The summed E-state index contributed by atoms with van der Waals surface area (Å²) in [5, 5.41) is 4.90. The van der Waals surface area contributed by atoms with Gasteiger partial charge in [0.25, 0.3) is 0 Å². The van der Waals surface area contributed by atoms with Gasteiger partial charge in [-0.3, -0.25) is 0 Å². The van der Waals surface area contributed by atoms with Gasteiger partial charge in [-0.25, -0.2) is 26.7 Å². The van der Waals surface area contributed by atoms with Gasteiger partial charge in [0, 0.05) is 6.04 Å². The van der Waals surface area contributed by atoms with Crippen LogP contribution in [0.3, 0.4) is 0 Å². The van der Waals surface area contributed by atoms with Crippen LogP contribution in [0.2, 0.25) is 0 Å². The number of hydrogen-bond acceptors (Lipinski definition) is 4. The molecule has 0 aliphatic rings. The molecule has 0 fully saturated rings. The molecule has 0 spiro atoms. The maximum Gasteiger partial charge on any atom is 0.211 e. The fourth-order valence-corrected chi connectivity index (χ4v) is 3.62. The number of primary sulfonamides is 1. The molecule has 18 heavy (non-hydrogen) atoms. The monoisotopic (exact) mass is 300 g/mol. The van der Waals surface area contributed by atoms with Crippen LogP contribution < -0.4 is 9.86 Å². The predicted molar refractivity (Wildman–Crippen MR) is 73.1 cm³/mol. The Morgan fingerprint density at radius 3 is 2.11 bits per heavy atom. The van der Waals surface area contributed by atoms with Gasteiger partial charge in [-0.1, -0.05) is 26.7 Å². The lowest BCUT2D eigenvalue weighted by atomic mass is 10.2. The fraction of sp³-hybridized carbons (Fsp3) is 1.00. The summed E-state index contributed by atoms with van der Waals surface area (Å²) in [7, 11) is -6.86. The Kier molecular flexibility index (Phi) is 8.00. The highest BCUT2D eigenvalue weighted by Crippen LogP contribution is 2.04. The Bertz CT molecular complexity index is 417. The maximum absolute atomic E-state index is 11.7. The minimum absolute atomic E-state index is 0.0900. The van der Waals surface area contributed by atoms with E-state index >= 15 is 0 Å². The number of nitrogens with two attached hydrogens (primary N) is 1.